The van der Waals surface area contributed by atoms with E-state index in [0.717, 1.165) is 16.6 Å². The maximum absolute atomic E-state index is 12.3. The van der Waals surface area contributed by atoms with E-state index >= 15 is 0 Å². The lowest BCUT2D eigenvalue weighted by Gasteiger charge is -2.06. The van der Waals surface area contributed by atoms with Gasteiger partial charge in [-0.2, -0.15) is 0 Å². The van der Waals surface area contributed by atoms with Gasteiger partial charge in [0.15, 0.2) is 0 Å². The van der Waals surface area contributed by atoms with Crippen molar-refractivity contribution in [3.63, 3.8) is 0 Å². The molecule has 0 bridgehead atoms. The number of fused-ring (bicyclic) bond motifs is 2. The van der Waals surface area contributed by atoms with E-state index in [4.69, 9.17) is 4.42 Å². The van der Waals surface area contributed by atoms with E-state index in [0.29, 0.717) is 11.0 Å². The molecule has 1 amide bonds. The number of benzene rings is 2. The molecule has 0 aliphatic rings. The minimum Gasteiger partial charge on any atom is -0.422 e. The van der Waals surface area contributed by atoms with Crippen molar-refractivity contribution in [2.45, 2.75) is 6.54 Å². The lowest BCUT2D eigenvalue weighted by Crippen LogP contribution is -2.27. The third kappa shape index (κ3) is 2.97. The van der Waals surface area contributed by atoms with Crippen LogP contribution in [0.2, 0.25) is 0 Å². The maximum Gasteiger partial charge on any atom is 0.349 e. The van der Waals surface area contributed by atoms with Crippen molar-refractivity contribution in [3.05, 3.63) is 82.5 Å². The van der Waals surface area contributed by atoms with Gasteiger partial charge in [0.2, 0.25) is 0 Å². The first-order chi connectivity index (χ1) is 12.2. The standard InChI is InChI=1S/C19H13N3O3/c23-18(14-10-13-3-1-2-4-17(13)25-19(14)24)22-11-12-5-6-15-16(9-12)21-8-7-20-15/h1-10H,11H2,(H,22,23). The van der Waals surface area contributed by atoms with Crippen molar-refractivity contribution in [3.8, 4) is 0 Å². The van der Waals surface area contributed by atoms with Gasteiger partial charge in [-0.25, -0.2) is 4.79 Å². The Hall–Kier alpha value is -3.54. The van der Waals surface area contributed by atoms with E-state index in [2.05, 4.69) is 15.3 Å². The molecule has 6 heteroatoms. The van der Waals surface area contributed by atoms with E-state index in [1.807, 2.05) is 24.3 Å². The smallest absolute Gasteiger partial charge is 0.349 e. The molecule has 6 nitrogen and oxygen atoms in total. The van der Waals surface area contributed by atoms with Crippen LogP contribution in [0, 0.1) is 0 Å². The summed E-state index contributed by atoms with van der Waals surface area (Å²) in [6.07, 6.45) is 3.24. The number of nitrogens with one attached hydrogen (secondary N) is 1. The Balaban J connectivity index is 1.57. The van der Waals surface area contributed by atoms with E-state index in [-0.39, 0.29) is 12.1 Å². The summed E-state index contributed by atoms with van der Waals surface area (Å²) in [5.41, 5.74) is 2.19. The number of hydrogen-bond donors (Lipinski definition) is 1. The maximum atomic E-state index is 12.3. The summed E-state index contributed by atoms with van der Waals surface area (Å²) in [6, 6.07) is 14.2. The summed E-state index contributed by atoms with van der Waals surface area (Å²) >= 11 is 0. The highest BCUT2D eigenvalue weighted by Gasteiger charge is 2.13. The Morgan fingerprint density at radius 2 is 1.80 bits per heavy atom. The van der Waals surface area contributed by atoms with Crippen molar-refractivity contribution in [1.82, 2.24) is 15.3 Å². The van der Waals surface area contributed by atoms with Crippen LogP contribution in [0.3, 0.4) is 0 Å². The van der Waals surface area contributed by atoms with Gasteiger partial charge in [-0.15, -0.1) is 0 Å². The average Bonchev–Trinajstić information content (AvgIpc) is 2.65. The highest BCUT2D eigenvalue weighted by Crippen LogP contribution is 2.13. The van der Waals surface area contributed by atoms with Crippen molar-refractivity contribution in [1.29, 1.82) is 0 Å². The van der Waals surface area contributed by atoms with Gasteiger partial charge in [0.1, 0.15) is 11.1 Å². The van der Waals surface area contributed by atoms with Gasteiger partial charge in [0.25, 0.3) is 5.91 Å². The molecular formula is C19H13N3O3. The number of carbonyl (C=O) groups excluding carboxylic acids is 1. The van der Waals surface area contributed by atoms with E-state index < -0.39 is 11.5 Å². The largest absolute Gasteiger partial charge is 0.422 e. The predicted octanol–water partition coefficient (Wildman–Crippen LogP) is 2.67. The van der Waals surface area contributed by atoms with Crippen molar-refractivity contribution in [2.24, 2.45) is 0 Å². The number of hydrogen-bond acceptors (Lipinski definition) is 5. The summed E-state index contributed by atoms with van der Waals surface area (Å²) in [5, 5.41) is 3.44. The minimum absolute atomic E-state index is 0.0146. The second-order valence-corrected chi connectivity index (χ2v) is 5.55. The molecule has 2 heterocycles. The van der Waals surface area contributed by atoms with Gasteiger partial charge in [0, 0.05) is 24.3 Å². The first-order valence-electron chi connectivity index (χ1n) is 7.71. The molecule has 0 aliphatic carbocycles. The van der Waals surface area contributed by atoms with Crippen LogP contribution in [0.15, 0.2) is 70.1 Å². The number of para-hydroxylation sites is 1. The van der Waals surface area contributed by atoms with Crippen LogP contribution in [-0.2, 0) is 6.54 Å². The quantitative estimate of drug-likeness (QED) is 0.583. The molecule has 25 heavy (non-hydrogen) atoms. The summed E-state index contributed by atoms with van der Waals surface area (Å²) in [6.45, 7) is 0.275. The van der Waals surface area contributed by atoms with Crippen molar-refractivity contribution >= 4 is 27.9 Å². The Morgan fingerprint density at radius 3 is 2.68 bits per heavy atom. The SMILES string of the molecule is O=C(NCc1ccc2nccnc2c1)c1cc2ccccc2oc1=O. The predicted molar refractivity (Wildman–Crippen MR) is 93.2 cm³/mol. The molecule has 2 aromatic heterocycles. The van der Waals surface area contributed by atoms with Crippen LogP contribution in [0.4, 0.5) is 0 Å². The molecule has 0 spiro atoms. The molecule has 0 atom stereocenters. The molecular weight excluding hydrogens is 318 g/mol. The summed E-state index contributed by atoms with van der Waals surface area (Å²) in [5.74, 6) is -0.473. The highest BCUT2D eigenvalue weighted by atomic mass is 16.4. The summed E-state index contributed by atoms with van der Waals surface area (Å²) in [4.78, 5) is 32.8. The fourth-order valence-electron chi connectivity index (χ4n) is 2.62. The van der Waals surface area contributed by atoms with Crippen LogP contribution in [0.5, 0.6) is 0 Å². The molecule has 0 unspecified atom stereocenters. The second kappa shape index (κ2) is 6.16. The summed E-state index contributed by atoms with van der Waals surface area (Å²) in [7, 11) is 0. The lowest BCUT2D eigenvalue weighted by atomic mass is 10.1. The number of carbonyl (C=O) groups is 1. The van der Waals surface area contributed by atoms with Crippen LogP contribution in [0.25, 0.3) is 22.0 Å². The Morgan fingerprint density at radius 1 is 1.00 bits per heavy atom. The first kappa shape index (κ1) is 15.0. The monoisotopic (exact) mass is 331 g/mol. The normalized spacial score (nSPS) is 10.9. The van der Waals surface area contributed by atoms with Gasteiger partial charge >= 0.3 is 5.63 Å². The number of rotatable bonds is 3. The molecule has 2 aromatic carbocycles. The van der Waals surface area contributed by atoms with Gasteiger partial charge < -0.3 is 9.73 Å². The molecule has 1 N–H and O–H groups in total. The van der Waals surface area contributed by atoms with Crippen LogP contribution >= 0.6 is 0 Å². The lowest BCUT2D eigenvalue weighted by molar-refractivity contribution is 0.0947. The first-order valence-corrected chi connectivity index (χ1v) is 7.71. The molecule has 0 saturated heterocycles. The van der Waals surface area contributed by atoms with Crippen LogP contribution in [-0.4, -0.2) is 15.9 Å². The molecule has 122 valence electrons. The fraction of sp³-hybridized carbons (Fsp3) is 0.0526. The van der Waals surface area contributed by atoms with Crippen molar-refractivity contribution < 1.29 is 9.21 Å². The topological polar surface area (TPSA) is 85.1 Å². The fourth-order valence-corrected chi connectivity index (χ4v) is 2.62. The molecule has 0 saturated carbocycles. The molecule has 4 aromatic rings. The van der Waals surface area contributed by atoms with E-state index in [9.17, 15) is 9.59 Å². The zero-order chi connectivity index (χ0) is 17.2. The van der Waals surface area contributed by atoms with Gasteiger partial charge in [-0.1, -0.05) is 24.3 Å². The zero-order valence-corrected chi connectivity index (χ0v) is 13.1. The third-order valence-electron chi connectivity index (χ3n) is 3.87. The summed E-state index contributed by atoms with van der Waals surface area (Å²) < 4.78 is 5.19. The minimum atomic E-state index is -0.652. The number of nitrogens with zero attached hydrogens (tertiary/aromatic N) is 2. The van der Waals surface area contributed by atoms with E-state index in [1.54, 1.807) is 36.7 Å². The Bertz CT molecular complexity index is 1150. The number of amides is 1. The van der Waals surface area contributed by atoms with E-state index in [1.165, 1.54) is 0 Å². The molecule has 4 rings (SSSR count). The zero-order valence-electron chi connectivity index (χ0n) is 13.1. The average molecular weight is 331 g/mol. The van der Waals surface area contributed by atoms with Gasteiger partial charge in [-0.05, 0) is 29.8 Å². The Kier molecular flexibility index (Phi) is 3.70. The number of aromatic nitrogens is 2. The molecule has 0 fully saturated rings. The molecule has 0 radical (unpaired) electrons. The van der Waals surface area contributed by atoms with Crippen LogP contribution in [0.1, 0.15) is 15.9 Å². The Labute approximate surface area is 142 Å². The van der Waals surface area contributed by atoms with Crippen LogP contribution < -0.4 is 10.9 Å². The third-order valence-corrected chi connectivity index (χ3v) is 3.87. The van der Waals surface area contributed by atoms with Crippen molar-refractivity contribution in [2.75, 3.05) is 0 Å². The molecule has 0 aliphatic heterocycles. The second-order valence-electron chi connectivity index (χ2n) is 5.55. The van der Waals surface area contributed by atoms with Gasteiger partial charge in [0.05, 0.1) is 11.0 Å². The van der Waals surface area contributed by atoms with Gasteiger partial charge in [-0.3, -0.25) is 14.8 Å². The highest BCUT2D eigenvalue weighted by molar-refractivity contribution is 5.96.